The summed E-state index contributed by atoms with van der Waals surface area (Å²) in [4.78, 5) is 11.4. The van der Waals surface area contributed by atoms with E-state index in [0.29, 0.717) is 25.8 Å². The van der Waals surface area contributed by atoms with Gasteiger partial charge in [-0.2, -0.15) is 0 Å². The molecule has 0 aromatic carbocycles. The van der Waals surface area contributed by atoms with Crippen LogP contribution < -0.4 is 5.32 Å². The summed E-state index contributed by atoms with van der Waals surface area (Å²) in [5, 5.41) is 41.8. The minimum Gasteiger partial charge on any atom is -0.395 e. The second kappa shape index (κ2) is 14.7. The normalized spacial score (nSPS) is 26.3. The molecular formula is C22H39NO5. The maximum Gasteiger partial charge on any atom is 0.220 e. The smallest absolute Gasteiger partial charge is 0.220 e. The van der Waals surface area contributed by atoms with Gasteiger partial charge in [0.25, 0.3) is 0 Å². The van der Waals surface area contributed by atoms with Crippen LogP contribution in [0.25, 0.3) is 0 Å². The molecule has 1 aliphatic carbocycles. The van der Waals surface area contributed by atoms with Crippen molar-refractivity contribution >= 4 is 5.91 Å². The van der Waals surface area contributed by atoms with Gasteiger partial charge in [0.1, 0.15) is 0 Å². The zero-order chi connectivity index (χ0) is 20.8. The minimum atomic E-state index is -0.581. The van der Waals surface area contributed by atoms with E-state index in [-0.39, 0.29) is 24.3 Å². The van der Waals surface area contributed by atoms with Crippen molar-refractivity contribution in [1.29, 1.82) is 0 Å². The number of nitrogens with one attached hydrogen (secondary N) is 1. The van der Waals surface area contributed by atoms with Crippen molar-refractivity contribution in [2.45, 2.75) is 83.0 Å². The lowest BCUT2D eigenvalue weighted by molar-refractivity contribution is -0.121. The van der Waals surface area contributed by atoms with Crippen molar-refractivity contribution in [3.8, 4) is 0 Å². The van der Waals surface area contributed by atoms with Crippen molar-refractivity contribution in [3.05, 3.63) is 24.3 Å². The number of rotatable bonds is 14. The van der Waals surface area contributed by atoms with Crippen molar-refractivity contribution in [2.24, 2.45) is 11.8 Å². The summed E-state index contributed by atoms with van der Waals surface area (Å²) in [6, 6.07) is 0. The van der Waals surface area contributed by atoms with Gasteiger partial charge in [-0.15, -0.1) is 0 Å². The van der Waals surface area contributed by atoms with Crippen molar-refractivity contribution in [2.75, 3.05) is 13.2 Å². The highest BCUT2D eigenvalue weighted by atomic mass is 16.3. The summed E-state index contributed by atoms with van der Waals surface area (Å²) in [7, 11) is 0. The number of hydrogen-bond donors (Lipinski definition) is 5. The summed E-state index contributed by atoms with van der Waals surface area (Å²) in [6.45, 7) is 2.37. The molecule has 0 aliphatic heterocycles. The van der Waals surface area contributed by atoms with Crippen molar-refractivity contribution < 1.29 is 25.2 Å². The van der Waals surface area contributed by atoms with Crippen LogP contribution in [0.3, 0.4) is 0 Å². The van der Waals surface area contributed by atoms with Crippen LogP contribution in [-0.2, 0) is 4.79 Å². The Kier molecular flexibility index (Phi) is 13.1. The first-order valence-electron chi connectivity index (χ1n) is 10.7. The van der Waals surface area contributed by atoms with Crippen LogP contribution in [-0.4, -0.2) is 57.8 Å². The number of allylic oxidation sites excluding steroid dienone is 2. The molecule has 1 amide bonds. The minimum absolute atomic E-state index is 0.0490. The zero-order valence-corrected chi connectivity index (χ0v) is 17.2. The molecule has 0 saturated heterocycles. The number of amides is 1. The summed E-state index contributed by atoms with van der Waals surface area (Å²) in [5.74, 6) is -0.262. The Hall–Kier alpha value is -1.21. The van der Waals surface area contributed by atoms with E-state index in [0.717, 1.165) is 38.5 Å². The fourth-order valence-corrected chi connectivity index (χ4v) is 3.70. The molecule has 0 aromatic heterocycles. The predicted molar refractivity (Wildman–Crippen MR) is 111 cm³/mol. The van der Waals surface area contributed by atoms with Gasteiger partial charge in [0.15, 0.2) is 0 Å². The van der Waals surface area contributed by atoms with Crippen LogP contribution in [0.2, 0.25) is 0 Å². The van der Waals surface area contributed by atoms with Gasteiger partial charge in [-0.1, -0.05) is 50.5 Å². The van der Waals surface area contributed by atoms with Crippen molar-refractivity contribution in [1.82, 2.24) is 5.32 Å². The van der Waals surface area contributed by atoms with Gasteiger partial charge in [0.2, 0.25) is 5.91 Å². The number of hydrogen-bond acceptors (Lipinski definition) is 5. The summed E-state index contributed by atoms with van der Waals surface area (Å²) in [5.41, 5.74) is 0. The Morgan fingerprint density at radius 1 is 1.18 bits per heavy atom. The Labute approximate surface area is 169 Å². The monoisotopic (exact) mass is 397 g/mol. The molecule has 162 valence electrons. The number of unbranched alkanes of at least 4 members (excludes halogenated alkanes) is 3. The van der Waals surface area contributed by atoms with Gasteiger partial charge >= 0.3 is 0 Å². The van der Waals surface area contributed by atoms with E-state index >= 15 is 0 Å². The van der Waals surface area contributed by atoms with E-state index in [9.17, 15) is 20.1 Å². The molecular weight excluding hydrogens is 358 g/mol. The third-order valence-corrected chi connectivity index (χ3v) is 5.36. The van der Waals surface area contributed by atoms with Crippen LogP contribution in [0.1, 0.15) is 64.7 Å². The van der Waals surface area contributed by atoms with Gasteiger partial charge < -0.3 is 25.7 Å². The lowest BCUT2D eigenvalue weighted by Gasteiger charge is -2.19. The third kappa shape index (κ3) is 9.82. The Bertz CT molecular complexity index is 480. The van der Waals surface area contributed by atoms with Crippen molar-refractivity contribution in [3.63, 3.8) is 0 Å². The number of aliphatic hydroxyl groups is 4. The number of carbonyl (C=O) groups is 1. The van der Waals surface area contributed by atoms with E-state index in [4.69, 9.17) is 5.11 Å². The third-order valence-electron chi connectivity index (χ3n) is 5.36. The highest BCUT2D eigenvalue weighted by molar-refractivity contribution is 5.75. The fraction of sp³-hybridized carbons (Fsp3) is 0.773. The molecule has 1 aliphatic rings. The first kappa shape index (κ1) is 24.8. The van der Waals surface area contributed by atoms with Crippen LogP contribution in [0.4, 0.5) is 0 Å². The van der Waals surface area contributed by atoms with Gasteiger partial charge in [0.05, 0.1) is 24.9 Å². The van der Waals surface area contributed by atoms with E-state index in [2.05, 4.69) is 12.2 Å². The molecule has 5 N–H and O–H groups in total. The first-order chi connectivity index (χ1) is 13.5. The summed E-state index contributed by atoms with van der Waals surface area (Å²) < 4.78 is 0. The quantitative estimate of drug-likeness (QED) is 0.228. The number of carbonyl (C=O) groups excluding carboxylic acids is 1. The fourth-order valence-electron chi connectivity index (χ4n) is 3.70. The highest BCUT2D eigenvalue weighted by Crippen LogP contribution is 2.36. The maximum absolute atomic E-state index is 11.4. The van der Waals surface area contributed by atoms with Gasteiger partial charge in [-0.05, 0) is 31.6 Å². The topological polar surface area (TPSA) is 110 Å². The van der Waals surface area contributed by atoms with Crippen LogP contribution in [0.15, 0.2) is 24.3 Å². The second-order valence-corrected chi connectivity index (χ2v) is 7.73. The van der Waals surface area contributed by atoms with Crippen LogP contribution in [0, 0.1) is 11.8 Å². The van der Waals surface area contributed by atoms with Crippen LogP contribution in [0.5, 0.6) is 0 Å². The average molecular weight is 398 g/mol. The molecule has 0 radical (unpaired) electrons. The number of aliphatic hydroxyl groups excluding tert-OH is 4. The molecule has 0 heterocycles. The summed E-state index contributed by atoms with van der Waals surface area (Å²) >= 11 is 0. The lowest BCUT2D eigenvalue weighted by Crippen LogP contribution is -2.25. The van der Waals surface area contributed by atoms with Gasteiger partial charge in [-0.3, -0.25) is 4.79 Å². The molecule has 6 nitrogen and oxygen atoms in total. The van der Waals surface area contributed by atoms with E-state index < -0.39 is 18.3 Å². The molecule has 1 fully saturated rings. The molecule has 1 saturated carbocycles. The average Bonchev–Trinajstić information content (AvgIpc) is 2.94. The molecule has 0 aromatic rings. The standard InChI is InChI=1S/C22H39NO5/c1-2-3-6-9-17(25)12-13-19-18(20(26)16-21(19)27)10-7-4-5-8-11-22(28)23-14-15-24/h4,7,12-13,17-21,24-27H,2-3,5-6,8-11,14-16H2,1H3,(H,23,28)/b7-4-,13-12+/t17?,18?,19-,20?,21?/m1/s1. The Morgan fingerprint density at radius 2 is 1.96 bits per heavy atom. The predicted octanol–water partition coefficient (Wildman–Crippen LogP) is 2.07. The first-order valence-corrected chi connectivity index (χ1v) is 10.7. The molecule has 0 bridgehead atoms. The molecule has 5 atom stereocenters. The molecule has 4 unspecified atom stereocenters. The Balaban J connectivity index is 2.39. The van der Waals surface area contributed by atoms with Crippen LogP contribution >= 0.6 is 0 Å². The second-order valence-electron chi connectivity index (χ2n) is 7.73. The van der Waals surface area contributed by atoms with Gasteiger partial charge in [-0.25, -0.2) is 0 Å². The van der Waals surface area contributed by atoms with E-state index in [1.807, 2.05) is 18.2 Å². The highest BCUT2D eigenvalue weighted by Gasteiger charge is 2.39. The SMILES string of the molecule is CCCCCC(O)/C=C/[C@H]1C(O)CC(O)C1C/C=C\CCCC(=O)NCCO. The zero-order valence-electron chi connectivity index (χ0n) is 17.2. The van der Waals surface area contributed by atoms with E-state index in [1.54, 1.807) is 6.08 Å². The largest absolute Gasteiger partial charge is 0.395 e. The molecule has 0 spiro atoms. The Morgan fingerprint density at radius 3 is 2.68 bits per heavy atom. The molecule has 6 heteroatoms. The summed E-state index contributed by atoms with van der Waals surface area (Å²) in [6.07, 6.45) is 12.9. The molecule has 1 rings (SSSR count). The molecule has 28 heavy (non-hydrogen) atoms. The lowest BCUT2D eigenvalue weighted by atomic mass is 9.89. The maximum atomic E-state index is 11.4. The van der Waals surface area contributed by atoms with E-state index in [1.165, 1.54) is 0 Å². The van der Waals surface area contributed by atoms with Gasteiger partial charge in [0, 0.05) is 25.3 Å².